The van der Waals surface area contributed by atoms with Crippen LogP contribution in [-0.4, -0.2) is 28.8 Å². The average Bonchev–Trinajstić information content (AvgIpc) is 1.69. The second kappa shape index (κ2) is 9.80. The molecule has 40 valence electrons. The van der Waals surface area contributed by atoms with Gasteiger partial charge in [0.05, 0.1) is 0 Å². The van der Waals surface area contributed by atoms with Crippen LogP contribution in [0.4, 0.5) is 0 Å². The van der Waals surface area contributed by atoms with E-state index in [1.807, 2.05) is 0 Å². The first-order valence-electron chi connectivity index (χ1n) is 2.38. The van der Waals surface area contributed by atoms with E-state index in [0.717, 1.165) is 0 Å². The van der Waals surface area contributed by atoms with Gasteiger partial charge in [-0.1, -0.05) is 0 Å². The number of carboxylic acids is 1. The van der Waals surface area contributed by atoms with Crippen LogP contribution in [0.1, 0.15) is 6.92 Å². The number of hydrogen-bond donors (Lipinski definition) is 1. The average molecular weight is 106 g/mol. The molecule has 0 bridgehead atoms. The number of hydrogen-bond acceptors (Lipinski definition) is 1. The second-order valence-electron chi connectivity index (χ2n) is 1.16. The number of rotatable bonds is 0. The molecule has 0 aliphatic rings. The van der Waals surface area contributed by atoms with E-state index in [9.17, 15) is 0 Å². The molecule has 8 heavy (non-hydrogen) atoms. The van der Waals surface area contributed by atoms with Gasteiger partial charge in [0.1, 0.15) is 0 Å². The van der Waals surface area contributed by atoms with Gasteiger partial charge in [-0.15, -0.1) is 6.42 Å². The Balaban J connectivity index is 0. The summed E-state index contributed by atoms with van der Waals surface area (Å²) in [5, 5.41) is 8.74. The van der Waals surface area contributed by atoms with Crippen molar-refractivity contribution < 1.29 is 9.90 Å². The molecule has 0 unspecified atom stereocenters. The molecular weight excluding hydrogens is 99.0 g/mol. The van der Waals surface area contributed by atoms with Crippen LogP contribution < -0.4 is 0 Å². The van der Waals surface area contributed by atoms with Gasteiger partial charge in [0.15, 0.2) is 0 Å². The van der Waals surface area contributed by atoms with Crippen LogP contribution in [0.25, 0.3) is 0 Å². The Bertz CT molecular complexity index is 93.1. The third-order valence-corrected chi connectivity index (χ3v) is 0.123. The fourth-order valence-corrected chi connectivity index (χ4v) is 0. The maximum absolute atomic E-state index is 9.13. The summed E-state index contributed by atoms with van der Waals surface area (Å²) in [6.07, 6.45) is 4.32. The van der Waals surface area contributed by atoms with Gasteiger partial charge in [0.25, 0.3) is 0 Å². The van der Waals surface area contributed by atoms with Crippen molar-refractivity contribution in [2.75, 3.05) is 0 Å². The third kappa shape index (κ3) is 45.5. The molecule has 0 heterocycles. The Morgan fingerprint density at radius 3 is 2.12 bits per heavy atom. The number of carbonyl (C=O) groups is 1. The van der Waals surface area contributed by atoms with E-state index in [0.29, 0.717) is 0 Å². The Morgan fingerprint density at radius 1 is 2.00 bits per heavy atom. The van der Waals surface area contributed by atoms with E-state index in [1.165, 1.54) is 11.0 Å². The van der Waals surface area contributed by atoms with E-state index < -0.39 is 5.97 Å². The second-order valence-corrected chi connectivity index (χ2v) is 1.16. The van der Waals surface area contributed by atoms with Gasteiger partial charge in [-0.3, -0.25) is 0 Å². The van der Waals surface area contributed by atoms with Crippen molar-refractivity contribution in [3.8, 4) is 12.3 Å². The quantitative estimate of drug-likeness (QED) is 0.356. The summed E-state index contributed by atoms with van der Waals surface area (Å²) in [5.74, 6) is 0.227. The molecule has 0 aliphatic carbocycles. The van der Waals surface area contributed by atoms with Crippen molar-refractivity contribution in [1.82, 2.24) is 0 Å². The molecule has 0 fully saturated rings. The summed E-state index contributed by atoms with van der Waals surface area (Å²) >= 11 is 2.12. The predicted octanol–water partition coefficient (Wildman–Crippen LogP) is 0.297. The molecule has 1 N–H and O–H groups in total. The molecule has 2 nitrogen and oxygen atoms in total. The van der Waals surface area contributed by atoms with Crippen molar-refractivity contribution in [1.29, 1.82) is 0 Å². The van der Waals surface area contributed by atoms with E-state index in [4.69, 9.17) is 9.90 Å². The molecule has 0 aromatic heterocycles. The first-order chi connectivity index (χ1) is 3.68. The van der Waals surface area contributed by atoms with Gasteiger partial charge < -0.3 is 5.11 Å². The summed E-state index contributed by atoms with van der Waals surface area (Å²) in [4.78, 5) is 9.13. The van der Waals surface area contributed by atoms with Gasteiger partial charge in [-0.2, -0.15) is 0 Å². The van der Waals surface area contributed by atoms with Crippen LogP contribution in [-0.2, 0) is 4.79 Å². The summed E-state index contributed by atoms with van der Waals surface area (Å²) in [7, 11) is 0. The van der Waals surface area contributed by atoms with E-state index >= 15 is 0 Å². The molecule has 0 aromatic rings. The summed E-state index contributed by atoms with van der Waals surface area (Å²) in [6.45, 7) is 2.12. The Labute approximate surface area is 58.5 Å². The molecule has 0 spiro atoms. The van der Waals surface area contributed by atoms with Crippen molar-refractivity contribution in [2.24, 2.45) is 0 Å². The Hall–Kier alpha value is -0.373. The van der Waals surface area contributed by atoms with Gasteiger partial charge in [-0.25, -0.2) is 4.79 Å². The van der Waals surface area contributed by atoms with E-state index in [2.05, 4.69) is 31.1 Å². The van der Waals surface area contributed by atoms with E-state index in [-0.39, 0.29) is 0 Å². The molecule has 0 atom stereocenters. The van der Waals surface area contributed by atoms with Crippen LogP contribution >= 0.6 is 0 Å². The fraction of sp³-hybridized carbons (Fsp3) is 0.400. The van der Waals surface area contributed by atoms with Gasteiger partial charge in [0.2, 0.25) is 0 Å². The SMILES string of the molecule is C#CC(=O)O.[Li][CH2]C. The normalized spacial score (nSPS) is 5.75. The zero-order valence-electron chi connectivity index (χ0n) is 5.14. The number of terminal acetylenes is 1. The van der Waals surface area contributed by atoms with Crippen molar-refractivity contribution in [3.05, 3.63) is 0 Å². The molecular formula is C5H7LiO2. The molecule has 0 aromatic carbocycles. The van der Waals surface area contributed by atoms with Crippen LogP contribution in [0.2, 0.25) is 5.09 Å². The van der Waals surface area contributed by atoms with Crippen LogP contribution in [0.15, 0.2) is 0 Å². The molecule has 0 amide bonds. The Kier molecular flexibility index (Phi) is 13.0. The van der Waals surface area contributed by atoms with Crippen LogP contribution in [0, 0.1) is 12.3 Å². The minimum atomic E-state index is -1.22. The Morgan fingerprint density at radius 2 is 2.12 bits per heavy atom. The van der Waals surface area contributed by atoms with Gasteiger partial charge in [0, 0.05) is 5.92 Å². The summed E-state index contributed by atoms with van der Waals surface area (Å²) < 4.78 is 0. The van der Waals surface area contributed by atoms with Crippen molar-refractivity contribution in [2.45, 2.75) is 12.0 Å². The molecule has 0 radical (unpaired) electrons. The molecule has 3 heteroatoms. The topological polar surface area (TPSA) is 37.3 Å². The fourth-order valence-electron chi connectivity index (χ4n) is 0. The third-order valence-electron chi connectivity index (χ3n) is 0.123. The molecule has 0 saturated carbocycles. The zero-order valence-corrected chi connectivity index (χ0v) is 5.14. The van der Waals surface area contributed by atoms with Crippen LogP contribution in [0.3, 0.4) is 0 Å². The zero-order chi connectivity index (χ0) is 6.99. The van der Waals surface area contributed by atoms with Gasteiger partial charge in [-0.05, 0) is 0 Å². The summed E-state index contributed by atoms with van der Waals surface area (Å²) in [6, 6.07) is 0. The molecule has 0 saturated heterocycles. The molecule has 0 rings (SSSR count). The first kappa shape index (κ1) is 10.6. The number of carboxylic acid groups (broad SMARTS) is 1. The monoisotopic (exact) mass is 106 g/mol. The van der Waals surface area contributed by atoms with Crippen LogP contribution in [0.5, 0.6) is 0 Å². The maximum atomic E-state index is 9.13. The van der Waals surface area contributed by atoms with Crippen molar-refractivity contribution >= 4 is 23.7 Å². The van der Waals surface area contributed by atoms with Crippen molar-refractivity contribution in [3.63, 3.8) is 0 Å². The first-order valence-corrected chi connectivity index (χ1v) is 2.38. The standard InChI is InChI=1S/C3H2O2.C2H5.Li/c1-2-3(4)5;1-2;/h1H,(H,4,5);1H2,2H3;. The minimum absolute atomic E-state index is 1.22. The predicted molar refractivity (Wildman–Crippen MR) is 32.7 cm³/mol. The molecule has 0 aliphatic heterocycles. The summed E-state index contributed by atoms with van der Waals surface area (Å²) in [5.41, 5.74) is 0. The van der Waals surface area contributed by atoms with E-state index in [1.54, 1.807) is 0 Å². The van der Waals surface area contributed by atoms with Gasteiger partial charge >= 0.3 is 35.7 Å². The number of aliphatic carboxylic acids is 1.